The lowest BCUT2D eigenvalue weighted by Gasteiger charge is -2.30. The number of aromatic nitrogens is 1. The van der Waals surface area contributed by atoms with E-state index in [0.29, 0.717) is 18.2 Å². The number of likely N-dealkylation sites (tertiary alicyclic amines) is 1. The van der Waals surface area contributed by atoms with Crippen LogP contribution in [0.15, 0.2) is 5.38 Å². The van der Waals surface area contributed by atoms with Crippen LogP contribution in [0.5, 0.6) is 0 Å². The van der Waals surface area contributed by atoms with E-state index in [2.05, 4.69) is 11.9 Å². The number of halogens is 1. The smallest absolute Gasteiger partial charge is 0.229 e. The molecule has 5 heteroatoms. The molecule has 0 radical (unpaired) electrons. The van der Waals surface area contributed by atoms with E-state index in [1.54, 1.807) is 0 Å². The van der Waals surface area contributed by atoms with Gasteiger partial charge < -0.3 is 4.90 Å². The Balaban J connectivity index is 1.91. The Morgan fingerprint density at radius 3 is 3.18 bits per heavy atom. The molecule has 1 aromatic rings. The fraction of sp³-hybridized carbons (Fsp3) is 0.667. The minimum Gasteiger partial charge on any atom is -0.342 e. The summed E-state index contributed by atoms with van der Waals surface area (Å²) in [6, 6.07) is 0. The molecule has 1 aliphatic heterocycles. The lowest BCUT2D eigenvalue weighted by Crippen LogP contribution is -2.39. The Hall–Kier alpha value is -0.610. The molecule has 0 bridgehead atoms. The number of hydrogen-bond donors (Lipinski definition) is 0. The highest BCUT2D eigenvalue weighted by Gasteiger charge is 2.21. The SMILES string of the molecule is CC1CCCN(C(=O)Cc2nc(CCl)cs2)C1. The van der Waals surface area contributed by atoms with Crippen molar-refractivity contribution in [3.8, 4) is 0 Å². The summed E-state index contributed by atoms with van der Waals surface area (Å²) in [5, 5.41) is 2.80. The van der Waals surface area contributed by atoms with Gasteiger partial charge in [0.15, 0.2) is 0 Å². The summed E-state index contributed by atoms with van der Waals surface area (Å²) in [5.74, 6) is 1.25. The third-order valence-corrected chi connectivity index (χ3v) is 4.22. The summed E-state index contributed by atoms with van der Waals surface area (Å²) in [6.45, 7) is 4.00. The number of nitrogens with zero attached hydrogens (tertiary/aromatic N) is 2. The van der Waals surface area contributed by atoms with Crippen LogP contribution in [0.3, 0.4) is 0 Å². The van der Waals surface area contributed by atoms with Gasteiger partial charge in [0, 0.05) is 18.5 Å². The zero-order valence-electron chi connectivity index (χ0n) is 9.99. The highest BCUT2D eigenvalue weighted by molar-refractivity contribution is 7.09. The Labute approximate surface area is 111 Å². The predicted octanol–water partition coefficient (Wildman–Crippen LogP) is 2.68. The van der Waals surface area contributed by atoms with Gasteiger partial charge in [-0.15, -0.1) is 22.9 Å². The summed E-state index contributed by atoms with van der Waals surface area (Å²) in [7, 11) is 0. The van der Waals surface area contributed by atoms with Crippen molar-refractivity contribution in [3.63, 3.8) is 0 Å². The highest BCUT2D eigenvalue weighted by atomic mass is 35.5. The zero-order chi connectivity index (χ0) is 12.3. The first-order valence-corrected chi connectivity index (χ1v) is 7.37. The molecule has 0 aliphatic carbocycles. The third kappa shape index (κ3) is 3.42. The minimum absolute atomic E-state index is 0.201. The van der Waals surface area contributed by atoms with Crippen LogP contribution in [0.2, 0.25) is 0 Å². The van der Waals surface area contributed by atoms with E-state index in [-0.39, 0.29) is 5.91 Å². The lowest BCUT2D eigenvalue weighted by molar-refractivity contribution is -0.132. The molecule has 2 heterocycles. The van der Waals surface area contributed by atoms with Crippen LogP contribution < -0.4 is 0 Å². The molecule has 1 atom stereocenters. The predicted molar refractivity (Wildman–Crippen MR) is 70.4 cm³/mol. The first-order valence-electron chi connectivity index (χ1n) is 5.96. The molecule has 94 valence electrons. The van der Waals surface area contributed by atoms with Crippen LogP contribution in [-0.2, 0) is 17.1 Å². The molecule has 1 saturated heterocycles. The van der Waals surface area contributed by atoms with Crippen LogP contribution in [0.1, 0.15) is 30.5 Å². The second-order valence-corrected chi connectivity index (χ2v) is 5.84. The Bertz CT molecular complexity index is 394. The van der Waals surface area contributed by atoms with E-state index in [4.69, 9.17) is 11.6 Å². The number of thiazole rings is 1. The number of piperidine rings is 1. The average molecular weight is 273 g/mol. The standard InChI is InChI=1S/C12H17ClN2OS/c1-9-3-2-4-15(7-9)12(16)5-11-14-10(6-13)8-17-11/h8-9H,2-7H2,1H3. The minimum atomic E-state index is 0.201. The van der Waals surface area contributed by atoms with E-state index in [9.17, 15) is 4.79 Å². The number of alkyl halides is 1. The van der Waals surface area contributed by atoms with E-state index in [1.807, 2.05) is 10.3 Å². The second-order valence-electron chi connectivity index (χ2n) is 4.63. The number of rotatable bonds is 3. The van der Waals surface area contributed by atoms with Gasteiger partial charge in [-0.05, 0) is 18.8 Å². The molecular weight excluding hydrogens is 256 g/mol. The molecule has 0 aromatic carbocycles. The Kier molecular flexibility index (Phi) is 4.40. The molecule has 2 rings (SSSR count). The molecule has 1 amide bonds. The Morgan fingerprint density at radius 1 is 1.71 bits per heavy atom. The van der Waals surface area contributed by atoms with Crippen LogP contribution in [0, 0.1) is 5.92 Å². The zero-order valence-corrected chi connectivity index (χ0v) is 11.6. The number of hydrogen-bond acceptors (Lipinski definition) is 3. The molecule has 0 spiro atoms. The molecule has 0 N–H and O–H groups in total. The molecule has 0 saturated carbocycles. The van der Waals surface area contributed by atoms with Crippen molar-refractivity contribution in [1.29, 1.82) is 0 Å². The van der Waals surface area contributed by atoms with Gasteiger partial charge in [0.05, 0.1) is 18.0 Å². The van der Waals surface area contributed by atoms with Crippen molar-refractivity contribution in [3.05, 3.63) is 16.1 Å². The van der Waals surface area contributed by atoms with E-state index in [1.165, 1.54) is 17.8 Å². The summed E-state index contributed by atoms with van der Waals surface area (Å²) in [4.78, 5) is 18.4. The number of carbonyl (C=O) groups excluding carboxylic acids is 1. The number of carbonyl (C=O) groups is 1. The molecule has 1 fully saturated rings. The first kappa shape index (κ1) is 12.8. The fourth-order valence-electron chi connectivity index (χ4n) is 2.15. The molecular formula is C12H17ClN2OS. The second kappa shape index (κ2) is 5.83. The summed E-state index contributed by atoms with van der Waals surface area (Å²) < 4.78 is 0. The van der Waals surface area contributed by atoms with Gasteiger partial charge in [-0.25, -0.2) is 4.98 Å². The molecule has 3 nitrogen and oxygen atoms in total. The van der Waals surface area contributed by atoms with Crippen LogP contribution in [-0.4, -0.2) is 28.9 Å². The summed E-state index contributed by atoms with van der Waals surface area (Å²) in [5.41, 5.74) is 0.867. The molecule has 1 aliphatic rings. The van der Waals surface area contributed by atoms with Gasteiger partial charge in [-0.1, -0.05) is 6.92 Å². The van der Waals surface area contributed by atoms with Crippen LogP contribution in [0.25, 0.3) is 0 Å². The lowest BCUT2D eigenvalue weighted by atomic mass is 10.0. The van der Waals surface area contributed by atoms with Crippen molar-refractivity contribution in [2.45, 2.75) is 32.1 Å². The normalized spacial score (nSPS) is 20.6. The van der Waals surface area contributed by atoms with Crippen molar-refractivity contribution >= 4 is 28.8 Å². The van der Waals surface area contributed by atoms with Crippen molar-refractivity contribution in [1.82, 2.24) is 9.88 Å². The van der Waals surface area contributed by atoms with Gasteiger partial charge in [0.1, 0.15) is 5.01 Å². The van der Waals surface area contributed by atoms with Crippen molar-refractivity contribution < 1.29 is 4.79 Å². The van der Waals surface area contributed by atoms with Crippen molar-refractivity contribution in [2.24, 2.45) is 5.92 Å². The highest BCUT2D eigenvalue weighted by Crippen LogP contribution is 2.18. The van der Waals surface area contributed by atoms with Crippen molar-refractivity contribution in [2.75, 3.05) is 13.1 Å². The van der Waals surface area contributed by atoms with E-state index < -0.39 is 0 Å². The Morgan fingerprint density at radius 2 is 2.53 bits per heavy atom. The fourth-order valence-corrected chi connectivity index (χ4v) is 3.16. The van der Waals surface area contributed by atoms with Crippen LogP contribution in [0.4, 0.5) is 0 Å². The van der Waals surface area contributed by atoms with E-state index in [0.717, 1.165) is 30.2 Å². The molecule has 17 heavy (non-hydrogen) atoms. The largest absolute Gasteiger partial charge is 0.342 e. The maximum atomic E-state index is 12.1. The summed E-state index contributed by atoms with van der Waals surface area (Å²) in [6.07, 6.45) is 2.78. The molecule has 1 aromatic heterocycles. The molecule has 1 unspecified atom stereocenters. The first-order chi connectivity index (χ1) is 8.19. The van der Waals surface area contributed by atoms with E-state index >= 15 is 0 Å². The van der Waals surface area contributed by atoms with Gasteiger partial charge in [-0.3, -0.25) is 4.79 Å². The van der Waals surface area contributed by atoms with Gasteiger partial charge in [0.25, 0.3) is 0 Å². The third-order valence-electron chi connectivity index (χ3n) is 3.05. The summed E-state index contributed by atoms with van der Waals surface area (Å²) >= 11 is 7.22. The maximum absolute atomic E-state index is 12.1. The maximum Gasteiger partial charge on any atom is 0.229 e. The van der Waals surface area contributed by atoms with Gasteiger partial charge >= 0.3 is 0 Å². The quantitative estimate of drug-likeness (QED) is 0.793. The monoisotopic (exact) mass is 272 g/mol. The van der Waals surface area contributed by atoms with Gasteiger partial charge in [-0.2, -0.15) is 0 Å². The average Bonchev–Trinajstić information content (AvgIpc) is 2.77. The van der Waals surface area contributed by atoms with Crippen LogP contribution >= 0.6 is 22.9 Å². The number of amides is 1. The topological polar surface area (TPSA) is 33.2 Å². The van der Waals surface area contributed by atoms with Gasteiger partial charge in [0.2, 0.25) is 5.91 Å².